The SMILES string of the molecule is CC(C(=O)Nc1c(-c2ccc3ccccc3c2)nc2ccccn12)n1nc2c(cc1=O)CCC2. The average molecular weight is 450 g/mol. The van der Waals surface area contributed by atoms with Crippen molar-refractivity contribution >= 4 is 28.1 Å². The second-order valence-corrected chi connectivity index (χ2v) is 8.72. The van der Waals surface area contributed by atoms with Gasteiger partial charge in [-0.3, -0.25) is 14.0 Å². The first kappa shape index (κ1) is 20.4. The van der Waals surface area contributed by atoms with Gasteiger partial charge in [-0.1, -0.05) is 42.5 Å². The highest BCUT2D eigenvalue weighted by Crippen LogP contribution is 2.31. The van der Waals surface area contributed by atoms with Crippen LogP contribution in [-0.4, -0.2) is 25.1 Å². The van der Waals surface area contributed by atoms with Crippen LogP contribution in [0.25, 0.3) is 27.7 Å². The van der Waals surface area contributed by atoms with E-state index in [1.54, 1.807) is 13.0 Å². The Morgan fingerprint density at radius 1 is 1.00 bits per heavy atom. The number of benzene rings is 2. The maximum absolute atomic E-state index is 13.4. The lowest BCUT2D eigenvalue weighted by Gasteiger charge is -2.16. The van der Waals surface area contributed by atoms with Crippen LogP contribution in [0.1, 0.15) is 30.6 Å². The van der Waals surface area contributed by atoms with Crippen molar-refractivity contribution in [2.24, 2.45) is 0 Å². The van der Waals surface area contributed by atoms with Gasteiger partial charge in [0.05, 0.1) is 5.69 Å². The van der Waals surface area contributed by atoms with Gasteiger partial charge >= 0.3 is 0 Å². The molecule has 3 heterocycles. The highest BCUT2D eigenvalue weighted by Gasteiger charge is 2.24. The molecule has 1 unspecified atom stereocenters. The number of nitrogens with zero attached hydrogens (tertiary/aromatic N) is 4. The number of rotatable bonds is 4. The quantitative estimate of drug-likeness (QED) is 0.441. The van der Waals surface area contributed by atoms with E-state index < -0.39 is 6.04 Å². The van der Waals surface area contributed by atoms with E-state index >= 15 is 0 Å². The summed E-state index contributed by atoms with van der Waals surface area (Å²) in [6.07, 6.45) is 4.56. The molecule has 0 bridgehead atoms. The van der Waals surface area contributed by atoms with Crippen molar-refractivity contribution in [2.45, 2.75) is 32.2 Å². The van der Waals surface area contributed by atoms with Crippen molar-refractivity contribution in [3.8, 4) is 11.3 Å². The Balaban J connectivity index is 1.41. The van der Waals surface area contributed by atoms with Crippen molar-refractivity contribution in [3.05, 3.63) is 94.5 Å². The fourth-order valence-electron chi connectivity index (χ4n) is 4.68. The molecule has 34 heavy (non-hydrogen) atoms. The Labute approximate surface area is 195 Å². The minimum Gasteiger partial charge on any atom is -0.308 e. The van der Waals surface area contributed by atoms with Crippen LogP contribution in [0.15, 0.2) is 77.7 Å². The fraction of sp³-hybridized carbons (Fsp3) is 0.185. The van der Waals surface area contributed by atoms with E-state index in [-0.39, 0.29) is 11.5 Å². The molecule has 168 valence electrons. The summed E-state index contributed by atoms with van der Waals surface area (Å²) in [6, 6.07) is 20.8. The summed E-state index contributed by atoms with van der Waals surface area (Å²) in [4.78, 5) is 30.8. The van der Waals surface area contributed by atoms with Crippen LogP contribution < -0.4 is 10.9 Å². The number of anilines is 1. The molecule has 1 N–H and O–H groups in total. The number of nitrogens with one attached hydrogen (secondary N) is 1. The molecular formula is C27H23N5O2. The molecule has 0 saturated carbocycles. The smallest absolute Gasteiger partial charge is 0.267 e. The molecule has 0 spiro atoms. The summed E-state index contributed by atoms with van der Waals surface area (Å²) >= 11 is 0. The topological polar surface area (TPSA) is 81.3 Å². The maximum atomic E-state index is 13.4. The number of hydrogen-bond donors (Lipinski definition) is 1. The molecule has 7 nitrogen and oxygen atoms in total. The number of aromatic nitrogens is 4. The molecule has 2 aromatic carbocycles. The van der Waals surface area contributed by atoms with E-state index in [1.807, 2.05) is 47.0 Å². The maximum Gasteiger partial charge on any atom is 0.267 e. The third-order valence-electron chi connectivity index (χ3n) is 6.52. The largest absolute Gasteiger partial charge is 0.308 e. The first-order valence-electron chi connectivity index (χ1n) is 11.5. The number of amides is 1. The Morgan fingerprint density at radius 2 is 1.82 bits per heavy atom. The summed E-state index contributed by atoms with van der Waals surface area (Å²) in [5.41, 5.74) is 3.95. The van der Waals surface area contributed by atoms with Crippen molar-refractivity contribution in [1.82, 2.24) is 19.2 Å². The molecule has 7 heteroatoms. The van der Waals surface area contributed by atoms with Gasteiger partial charge in [-0.2, -0.15) is 5.10 Å². The Hall–Kier alpha value is -4.26. The Morgan fingerprint density at radius 3 is 2.71 bits per heavy atom. The second-order valence-electron chi connectivity index (χ2n) is 8.72. The third-order valence-corrected chi connectivity index (χ3v) is 6.52. The van der Waals surface area contributed by atoms with Gasteiger partial charge in [0.2, 0.25) is 5.91 Å². The molecule has 6 rings (SSSR count). The van der Waals surface area contributed by atoms with E-state index in [2.05, 4.69) is 34.7 Å². The van der Waals surface area contributed by atoms with E-state index in [4.69, 9.17) is 4.98 Å². The van der Waals surface area contributed by atoms with E-state index in [0.29, 0.717) is 11.5 Å². The first-order chi connectivity index (χ1) is 16.6. The number of fused-ring (bicyclic) bond motifs is 3. The monoisotopic (exact) mass is 449 g/mol. The van der Waals surface area contributed by atoms with Crippen LogP contribution in [0.3, 0.4) is 0 Å². The highest BCUT2D eigenvalue weighted by atomic mass is 16.2. The molecule has 0 aliphatic heterocycles. The zero-order valence-corrected chi connectivity index (χ0v) is 18.7. The molecule has 0 radical (unpaired) electrons. The minimum absolute atomic E-state index is 0.254. The van der Waals surface area contributed by atoms with Gasteiger partial charge in [-0.25, -0.2) is 9.67 Å². The fourth-order valence-corrected chi connectivity index (χ4v) is 4.68. The molecular weight excluding hydrogens is 426 g/mol. The van der Waals surface area contributed by atoms with Gasteiger partial charge in [0.1, 0.15) is 23.2 Å². The lowest BCUT2D eigenvalue weighted by Crippen LogP contribution is -2.34. The molecule has 1 aliphatic carbocycles. The van der Waals surface area contributed by atoms with Crippen LogP contribution in [-0.2, 0) is 17.6 Å². The van der Waals surface area contributed by atoms with Crippen LogP contribution in [0.5, 0.6) is 0 Å². The average Bonchev–Trinajstić information content (AvgIpc) is 3.47. The van der Waals surface area contributed by atoms with Crippen molar-refractivity contribution in [2.75, 3.05) is 5.32 Å². The summed E-state index contributed by atoms with van der Waals surface area (Å²) in [6.45, 7) is 1.70. The summed E-state index contributed by atoms with van der Waals surface area (Å²) in [5.74, 6) is 0.247. The second kappa shape index (κ2) is 7.95. The van der Waals surface area contributed by atoms with E-state index in [9.17, 15) is 9.59 Å². The molecule has 0 fully saturated rings. The van der Waals surface area contributed by atoms with E-state index in [0.717, 1.165) is 52.5 Å². The normalized spacial score (nSPS) is 13.8. The summed E-state index contributed by atoms with van der Waals surface area (Å²) in [7, 11) is 0. The van der Waals surface area contributed by atoms with Gasteiger partial charge in [-0.05, 0) is 60.7 Å². The minimum atomic E-state index is -0.767. The number of carbonyl (C=O) groups is 1. The number of hydrogen-bond acceptors (Lipinski definition) is 4. The van der Waals surface area contributed by atoms with Gasteiger partial charge in [0, 0.05) is 17.8 Å². The van der Waals surface area contributed by atoms with Crippen molar-refractivity contribution < 1.29 is 4.79 Å². The predicted octanol–water partition coefficient (Wildman–Crippen LogP) is 4.40. The number of carbonyl (C=O) groups excluding carboxylic acids is 1. The van der Waals surface area contributed by atoms with Crippen molar-refractivity contribution in [3.63, 3.8) is 0 Å². The zero-order valence-electron chi connectivity index (χ0n) is 18.7. The van der Waals surface area contributed by atoms with Crippen LogP contribution >= 0.6 is 0 Å². The lowest BCUT2D eigenvalue weighted by molar-refractivity contribution is -0.119. The summed E-state index contributed by atoms with van der Waals surface area (Å²) < 4.78 is 3.15. The lowest BCUT2D eigenvalue weighted by atomic mass is 10.1. The van der Waals surface area contributed by atoms with Gasteiger partial charge < -0.3 is 5.32 Å². The van der Waals surface area contributed by atoms with E-state index in [1.165, 1.54) is 4.68 Å². The van der Waals surface area contributed by atoms with Crippen LogP contribution in [0, 0.1) is 0 Å². The number of pyridine rings is 1. The Kier molecular flexibility index (Phi) is 4.76. The standard InChI is InChI=1S/C27H23N5O2/c1-17(32-24(33)16-20-9-6-10-22(20)30-32)27(34)29-26-25(28-23-11-4-5-14-31(23)26)21-13-12-18-7-2-3-8-19(18)15-21/h2-5,7-8,11-17H,6,9-10H2,1H3,(H,29,34). The molecule has 0 saturated heterocycles. The highest BCUT2D eigenvalue weighted by molar-refractivity contribution is 5.97. The number of imidazole rings is 1. The van der Waals surface area contributed by atoms with Gasteiger partial charge in [0.25, 0.3) is 5.56 Å². The van der Waals surface area contributed by atoms with Crippen LogP contribution in [0.2, 0.25) is 0 Å². The summed E-state index contributed by atoms with van der Waals surface area (Å²) in [5, 5.41) is 9.77. The third kappa shape index (κ3) is 3.37. The van der Waals surface area contributed by atoms with Gasteiger partial charge in [-0.15, -0.1) is 0 Å². The van der Waals surface area contributed by atoms with Crippen molar-refractivity contribution in [1.29, 1.82) is 0 Å². The number of aryl methyl sites for hydroxylation is 2. The molecule has 3 aromatic heterocycles. The predicted molar refractivity (Wildman–Crippen MR) is 132 cm³/mol. The molecule has 1 amide bonds. The molecule has 1 aliphatic rings. The van der Waals surface area contributed by atoms with Crippen LogP contribution in [0.4, 0.5) is 5.82 Å². The molecule has 1 atom stereocenters. The zero-order chi connectivity index (χ0) is 23.2. The Bertz CT molecular complexity index is 1630. The molecule has 5 aromatic rings. The first-order valence-corrected chi connectivity index (χ1v) is 11.5. The van der Waals surface area contributed by atoms with Gasteiger partial charge in [0.15, 0.2) is 0 Å².